The molecule has 1 unspecified atom stereocenters. The lowest BCUT2D eigenvalue weighted by Gasteiger charge is -2.30. The quantitative estimate of drug-likeness (QED) is 0.837. The molecule has 0 fully saturated rings. The second-order valence-electron chi connectivity index (χ2n) is 4.83. The van der Waals surface area contributed by atoms with Crippen molar-refractivity contribution in [1.82, 2.24) is 9.55 Å². The SMILES string of the molecule is Cc1ccc2c(c1)[C@@H](O)CC(c1cncn1C)O2. The molecular formula is C14H16N2O2. The van der Waals surface area contributed by atoms with Crippen molar-refractivity contribution < 1.29 is 9.84 Å². The molecule has 2 aromatic rings. The van der Waals surface area contributed by atoms with Crippen molar-refractivity contribution in [3.63, 3.8) is 0 Å². The zero-order chi connectivity index (χ0) is 12.7. The van der Waals surface area contributed by atoms with Gasteiger partial charge in [-0.05, 0) is 19.1 Å². The van der Waals surface area contributed by atoms with Crippen molar-refractivity contribution in [3.05, 3.63) is 47.5 Å². The van der Waals surface area contributed by atoms with Gasteiger partial charge in [0.05, 0.1) is 24.3 Å². The zero-order valence-corrected chi connectivity index (χ0v) is 10.5. The highest BCUT2D eigenvalue weighted by molar-refractivity contribution is 5.40. The Kier molecular flexibility index (Phi) is 2.59. The number of fused-ring (bicyclic) bond motifs is 1. The Bertz CT molecular complexity index is 577. The van der Waals surface area contributed by atoms with Crippen LogP contribution in [0.4, 0.5) is 0 Å². The van der Waals surface area contributed by atoms with Gasteiger partial charge in [0.15, 0.2) is 0 Å². The molecule has 2 atom stereocenters. The topological polar surface area (TPSA) is 47.3 Å². The standard InChI is InChI=1S/C14H16N2O2/c1-9-3-4-13-10(5-9)12(17)6-14(18-13)11-7-15-8-16(11)2/h3-5,7-8,12,14,17H,6H2,1-2H3/t12-,14?/m0/s1. The van der Waals surface area contributed by atoms with Gasteiger partial charge in [-0.25, -0.2) is 4.98 Å². The molecular weight excluding hydrogens is 228 g/mol. The molecule has 2 heterocycles. The summed E-state index contributed by atoms with van der Waals surface area (Å²) in [5.74, 6) is 0.769. The number of aliphatic hydroxyl groups excluding tert-OH is 1. The maximum Gasteiger partial charge on any atom is 0.143 e. The van der Waals surface area contributed by atoms with Crippen LogP contribution in [0.15, 0.2) is 30.7 Å². The molecule has 4 heteroatoms. The van der Waals surface area contributed by atoms with Gasteiger partial charge in [0, 0.05) is 19.0 Å². The first-order chi connectivity index (χ1) is 8.65. The van der Waals surface area contributed by atoms with Crippen LogP contribution in [0, 0.1) is 6.92 Å². The van der Waals surface area contributed by atoms with Gasteiger partial charge < -0.3 is 14.4 Å². The second-order valence-corrected chi connectivity index (χ2v) is 4.83. The number of hydrogen-bond donors (Lipinski definition) is 1. The van der Waals surface area contributed by atoms with Gasteiger partial charge >= 0.3 is 0 Å². The third-order valence-corrected chi connectivity index (χ3v) is 3.41. The summed E-state index contributed by atoms with van der Waals surface area (Å²) in [4.78, 5) is 4.09. The molecule has 0 amide bonds. The van der Waals surface area contributed by atoms with Crippen molar-refractivity contribution in [1.29, 1.82) is 0 Å². The van der Waals surface area contributed by atoms with Crippen LogP contribution in [-0.2, 0) is 7.05 Å². The fraction of sp³-hybridized carbons (Fsp3) is 0.357. The molecule has 1 aromatic heterocycles. The fourth-order valence-electron chi connectivity index (χ4n) is 2.43. The Balaban J connectivity index is 1.97. The van der Waals surface area contributed by atoms with Crippen molar-refractivity contribution in [3.8, 4) is 5.75 Å². The first-order valence-corrected chi connectivity index (χ1v) is 6.06. The van der Waals surface area contributed by atoms with E-state index in [9.17, 15) is 5.11 Å². The molecule has 4 nitrogen and oxygen atoms in total. The van der Waals surface area contributed by atoms with Crippen LogP contribution in [0.2, 0.25) is 0 Å². The lowest BCUT2D eigenvalue weighted by atomic mass is 9.96. The van der Waals surface area contributed by atoms with Gasteiger partial charge in [-0.3, -0.25) is 0 Å². The smallest absolute Gasteiger partial charge is 0.143 e. The summed E-state index contributed by atoms with van der Waals surface area (Å²) < 4.78 is 7.89. The summed E-state index contributed by atoms with van der Waals surface area (Å²) in [5, 5.41) is 10.2. The number of aryl methyl sites for hydroxylation is 2. The Labute approximate surface area is 106 Å². The maximum absolute atomic E-state index is 10.2. The largest absolute Gasteiger partial charge is 0.484 e. The normalized spacial score (nSPS) is 22.4. The summed E-state index contributed by atoms with van der Waals surface area (Å²) in [6, 6.07) is 5.91. The number of aliphatic hydroxyl groups is 1. The molecule has 3 rings (SSSR count). The van der Waals surface area contributed by atoms with Crippen molar-refractivity contribution in [2.45, 2.75) is 25.6 Å². The number of hydrogen-bond acceptors (Lipinski definition) is 3. The monoisotopic (exact) mass is 244 g/mol. The van der Waals surface area contributed by atoms with Crippen LogP contribution >= 0.6 is 0 Å². The lowest BCUT2D eigenvalue weighted by molar-refractivity contribution is 0.0622. The molecule has 94 valence electrons. The number of aromatic nitrogens is 2. The Hall–Kier alpha value is -1.81. The predicted octanol–water partition coefficient (Wildman–Crippen LogP) is 2.29. The van der Waals surface area contributed by atoms with E-state index in [2.05, 4.69) is 4.98 Å². The summed E-state index contributed by atoms with van der Waals surface area (Å²) in [7, 11) is 1.93. The molecule has 1 aliphatic rings. The van der Waals surface area contributed by atoms with Gasteiger partial charge in [0.25, 0.3) is 0 Å². The third-order valence-electron chi connectivity index (χ3n) is 3.41. The van der Waals surface area contributed by atoms with E-state index in [1.165, 1.54) is 0 Å². The first-order valence-electron chi connectivity index (χ1n) is 6.06. The van der Waals surface area contributed by atoms with Crippen molar-refractivity contribution >= 4 is 0 Å². The molecule has 18 heavy (non-hydrogen) atoms. The summed E-state index contributed by atoms with van der Waals surface area (Å²) >= 11 is 0. The van der Waals surface area contributed by atoms with E-state index in [4.69, 9.17) is 4.74 Å². The molecule has 0 radical (unpaired) electrons. The number of benzene rings is 1. The second kappa shape index (κ2) is 4.14. The average molecular weight is 244 g/mol. The fourth-order valence-corrected chi connectivity index (χ4v) is 2.43. The van der Waals surface area contributed by atoms with Crippen LogP contribution < -0.4 is 4.74 Å². The highest BCUT2D eigenvalue weighted by Gasteiger charge is 2.29. The van der Waals surface area contributed by atoms with E-state index in [1.54, 1.807) is 12.5 Å². The molecule has 0 aliphatic carbocycles. The van der Waals surface area contributed by atoms with Gasteiger partial charge in [-0.1, -0.05) is 11.6 Å². The van der Waals surface area contributed by atoms with Crippen LogP contribution in [-0.4, -0.2) is 14.7 Å². The minimum Gasteiger partial charge on any atom is -0.484 e. The zero-order valence-electron chi connectivity index (χ0n) is 10.5. The summed E-state index contributed by atoms with van der Waals surface area (Å²) in [6.07, 6.45) is 3.48. The van der Waals surface area contributed by atoms with Crippen molar-refractivity contribution in [2.75, 3.05) is 0 Å². The molecule has 1 aliphatic heterocycles. The van der Waals surface area contributed by atoms with E-state index in [0.29, 0.717) is 6.42 Å². The number of imidazole rings is 1. The Morgan fingerprint density at radius 2 is 2.28 bits per heavy atom. The Morgan fingerprint density at radius 3 is 3.00 bits per heavy atom. The van der Waals surface area contributed by atoms with Gasteiger partial charge in [-0.2, -0.15) is 0 Å². The highest BCUT2D eigenvalue weighted by atomic mass is 16.5. The van der Waals surface area contributed by atoms with E-state index in [0.717, 1.165) is 22.6 Å². The van der Waals surface area contributed by atoms with E-state index in [-0.39, 0.29) is 6.10 Å². The molecule has 1 N–H and O–H groups in total. The maximum atomic E-state index is 10.2. The van der Waals surface area contributed by atoms with Crippen LogP contribution in [0.25, 0.3) is 0 Å². The van der Waals surface area contributed by atoms with E-state index >= 15 is 0 Å². The molecule has 0 saturated heterocycles. The third kappa shape index (κ3) is 1.78. The van der Waals surface area contributed by atoms with Gasteiger partial charge in [0.1, 0.15) is 11.9 Å². The number of nitrogens with zero attached hydrogens (tertiary/aromatic N) is 2. The van der Waals surface area contributed by atoms with Crippen LogP contribution in [0.3, 0.4) is 0 Å². The van der Waals surface area contributed by atoms with Crippen LogP contribution in [0.1, 0.15) is 35.4 Å². The summed E-state index contributed by atoms with van der Waals surface area (Å²) in [5.41, 5.74) is 3.00. The highest BCUT2D eigenvalue weighted by Crippen LogP contribution is 2.40. The van der Waals surface area contributed by atoms with E-state index in [1.807, 2.05) is 36.7 Å². The average Bonchev–Trinajstić information content (AvgIpc) is 2.76. The number of ether oxygens (including phenoxy) is 1. The predicted molar refractivity (Wildman–Crippen MR) is 67.3 cm³/mol. The molecule has 1 aromatic carbocycles. The lowest BCUT2D eigenvalue weighted by Crippen LogP contribution is -2.20. The van der Waals surface area contributed by atoms with Gasteiger partial charge in [0.2, 0.25) is 0 Å². The minimum atomic E-state index is -0.478. The molecule has 0 saturated carbocycles. The van der Waals surface area contributed by atoms with Crippen molar-refractivity contribution in [2.24, 2.45) is 7.05 Å². The minimum absolute atomic E-state index is 0.136. The first kappa shape index (κ1) is 11.3. The Morgan fingerprint density at radius 1 is 1.44 bits per heavy atom. The van der Waals surface area contributed by atoms with Crippen LogP contribution in [0.5, 0.6) is 5.75 Å². The number of rotatable bonds is 1. The van der Waals surface area contributed by atoms with Gasteiger partial charge in [-0.15, -0.1) is 0 Å². The molecule has 0 spiro atoms. The summed E-state index contributed by atoms with van der Waals surface area (Å²) in [6.45, 7) is 2.01. The van der Waals surface area contributed by atoms with E-state index < -0.39 is 6.10 Å². The molecule has 0 bridgehead atoms.